The maximum atomic E-state index is 13.1. The second-order valence-electron chi connectivity index (χ2n) is 7.15. The third kappa shape index (κ3) is 4.76. The first kappa shape index (κ1) is 21.7. The molecule has 0 bridgehead atoms. The number of aromatic nitrogens is 2. The third-order valence-electron chi connectivity index (χ3n) is 4.39. The summed E-state index contributed by atoms with van der Waals surface area (Å²) < 4.78 is 19.4. The second-order valence-corrected chi connectivity index (χ2v) is 8.09. The summed E-state index contributed by atoms with van der Waals surface area (Å²) in [5, 5.41) is 0.774. The van der Waals surface area contributed by atoms with Crippen LogP contribution in [0.3, 0.4) is 0 Å². The van der Waals surface area contributed by atoms with Crippen molar-refractivity contribution < 1.29 is 18.7 Å². The van der Waals surface area contributed by atoms with Crippen LogP contribution in [0.15, 0.2) is 52.4 Å². The molecule has 0 amide bonds. The van der Waals surface area contributed by atoms with Crippen LogP contribution in [0, 0.1) is 11.7 Å². The summed E-state index contributed by atoms with van der Waals surface area (Å²) in [5.41, 5.74) is 0.800. The Morgan fingerprint density at radius 1 is 1.13 bits per heavy atom. The van der Waals surface area contributed by atoms with E-state index in [9.17, 15) is 18.8 Å². The van der Waals surface area contributed by atoms with Crippen molar-refractivity contribution in [1.29, 1.82) is 0 Å². The Morgan fingerprint density at radius 3 is 2.43 bits per heavy atom. The van der Waals surface area contributed by atoms with Gasteiger partial charge in [-0.05, 0) is 48.4 Å². The number of rotatable bonds is 7. The van der Waals surface area contributed by atoms with Crippen molar-refractivity contribution in [2.45, 2.75) is 25.5 Å². The number of Topliss-reactive ketones (excluding diaryl/α,β-unsaturated/α-hetero) is 1. The molecule has 30 heavy (non-hydrogen) atoms. The molecule has 0 unspecified atom stereocenters. The molecule has 0 aliphatic heterocycles. The van der Waals surface area contributed by atoms with E-state index in [1.165, 1.54) is 43.5 Å². The molecule has 0 saturated heterocycles. The fourth-order valence-electron chi connectivity index (χ4n) is 2.93. The average Bonchev–Trinajstić information content (AvgIpc) is 2.73. The van der Waals surface area contributed by atoms with E-state index in [1.807, 2.05) is 13.8 Å². The zero-order chi connectivity index (χ0) is 21.8. The summed E-state index contributed by atoms with van der Waals surface area (Å²) in [6, 6.07) is 9.91. The number of carbonyl (C=O) groups is 2. The van der Waals surface area contributed by atoms with Gasteiger partial charge < -0.3 is 4.74 Å². The van der Waals surface area contributed by atoms with E-state index in [4.69, 9.17) is 4.74 Å². The smallest absolute Gasteiger partial charge is 0.337 e. The third-order valence-corrected chi connectivity index (χ3v) is 5.36. The number of nitrogens with zero attached hydrogens (tertiary/aromatic N) is 2. The standard InChI is InChI=1S/C22H21FN2O4S/c1-13(2)11-25-20(27)17-9-6-15(21(28)29-3)10-18(17)24-22(25)30-12-19(26)14-4-7-16(23)8-5-14/h4-10,13H,11-12H2,1-3H3. The quantitative estimate of drug-likeness (QED) is 0.245. The van der Waals surface area contributed by atoms with Crippen LogP contribution >= 0.6 is 11.8 Å². The number of fused-ring (bicyclic) bond motifs is 1. The fourth-order valence-corrected chi connectivity index (χ4v) is 3.83. The van der Waals surface area contributed by atoms with Crippen molar-refractivity contribution in [1.82, 2.24) is 9.55 Å². The Labute approximate surface area is 177 Å². The molecule has 8 heteroatoms. The Kier molecular flexibility index (Phi) is 6.66. The van der Waals surface area contributed by atoms with E-state index in [0.717, 1.165) is 11.8 Å². The first-order chi connectivity index (χ1) is 14.3. The highest BCUT2D eigenvalue weighted by atomic mass is 32.2. The first-order valence-corrected chi connectivity index (χ1v) is 10.3. The van der Waals surface area contributed by atoms with Crippen LogP contribution in [0.2, 0.25) is 0 Å². The van der Waals surface area contributed by atoms with E-state index in [-0.39, 0.29) is 28.6 Å². The van der Waals surface area contributed by atoms with Crippen LogP contribution in [0.25, 0.3) is 10.9 Å². The Morgan fingerprint density at radius 2 is 1.80 bits per heavy atom. The average molecular weight is 428 g/mol. The van der Waals surface area contributed by atoms with Gasteiger partial charge in [-0.3, -0.25) is 14.2 Å². The molecule has 156 valence electrons. The zero-order valence-corrected chi connectivity index (χ0v) is 17.7. The molecule has 0 N–H and O–H groups in total. The number of hydrogen-bond acceptors (Lipinski definition) is 6. The van der Waals surface area contributed by atoms with Crippen LogP contribution in [-0.2, 0) is 11.3 Å². The highest BCUT2D eigenvalue weighted by Crippen LogP contribution is 2.21. The maximum Gasteiger partial charge on any atom is 0.337 e. The highest BCUT2D eigenvalue weighted by Gasteiger charge is 2.17. The van der Waals surface area contributed by atoms with Gasteiger partial charge in [0.25, 0.3) is 5.56 Å². The number of thioether (sulfide) groups is 1. The number of ether oxygens (including phenoxy) is 1. The molecule has 0 aliphatic rings. The first-order valence-electron chi connectivity index (χ1n) is 9.34. The van der Waals surface area contributed by atoms with Crippen LogP contribution in [-0.4, -0.2) is 34.2 Å². The topological polar surface area (TPSA) is 78.3 Å². The molecule has 1 aromatic heterocycles. The fraction of sp³-hybridized carbons (Fsp3) is 0.273. The summed E-state index contributed by atoms with van der Waals surface area (Å²) in [7, 11) is 1.28. The van der Waals surface area contributed by atoms with Crippen LogP contribution in [0.5, 0.6) is 0 Å². The SMILES string of the molecule is COC(=O)c1ccc2c(=O)n(CC(C)C)c(SCC(=O)c3ccc(F)cc3)nc2c1. The van der Waals surface area contributed by atoms with Crippen molar-refractivity contribution in [2.75, 3.05) is 12.9 Å². The Balaban J connectivity index is 1.99. The monoisotopic (exact) mass is 428 g/mol. The number of ketones is 1. The molecule has 0 saturated carbocycles. The van der Waals surface area contributed by atoms with Crippen LogP contribution < -0.4 is 5.56 Å². The van der Waals surface area contributed by atoms with Gasteiger partial charge in [0.2, 0.25) is 0 Å². The summed E-state index contributed by atoms with van der Waals surface area (Å²) in [4.78, 5) is 41.9. The van der Waals surface area contributed by atoms with Gasteiger partial charge in [-0.15, -0.1) is 0 Å². The van der Waals surface area contributed by atoms with Crippen molar-refractivity contribution in [3.63, 3.8) is 0 Å². The summed E-state index contributed by atoms with van der Waals surface area (Å²) in [6.07, 6.45) is 0. The summed E-state index contributed by atoms with van der Waals surface area (Å²) in [6.45, 7) is 4.40. The largest absolute Gasteiger partial charge is 0.465 e. The predicted octanol–water partition coefficient (Wildman–Crippen LogP) is 3.95. The number of carbonyl (C=O) groups excluding carboxylic acids is 2. The molecule has 0 atom stereocenters. The van der Waals surface area contributed by atoms with Gasteiger partial charge in [0.15, 0.2) is 10.9 Å². The van der Waals surface area contributed by atoms with Gasteiger partial charge in [0.05, 0.1) is 29.3 Å². The number of methoxy groups -OCH3 is 1. The molecule has 3 rings (SSSR count). The van der Waals surface area contributed by atoms with Crippen LogP contribution in [0.1, 0.15) is 34.6 Å². The normalized spacial score (nSPS) is 11.1. The zero-order valence-electron chi connectivity index (χ0n) is 16.8. The lowest BCUT2D eigenvalue weighted by Crippen LogP contribution is -2.26. The molecule has 1 heterocycles. The summed E-state index contributed by atoms with van der Waals surface area (Å²) in [5.74, 6) is -0.913. The van der Waals surface area contributed by atoms with Crippen LogP contribution in [0.4, 0.5) is 4.39 Å². The molecule has 0 aliphatic carbocycles. The number of hydrogen-bond donors (Lipinski definition) is 0. The lowest BCUT2D eigenvalue weighted by atomic mass is 10.1. The Hall–Kier alpha value is -3.00. The molecule has 0 fully saturated rings. The summed E-state index contributed by atoms with van der Waals surface area (Å²) >= 11 is 1.14. The molecule has 0 radical (unpaired) electrons. The van der Waals surface area contributed by atoms with Crippen molar-refractivity contribution in [3.05, 3.63) is 69.8 Å². The van der Waals surface area contributed by atoms with E-state index in [1.54, 1.807) is 10.6 Å². The maximum absolute atomic E-state index is 13.1. The van der Waals surface area contributed by atoms with Gasteiger partial charge in [-0.1, -0.05) is 25.6 Å². The molecule has 0 spiro atoms. The van der Waals surface area contributed by atoms with Gasteiger partial charge in [0, 0.05) is 12.1 Å². The van der Waals surface area contributed by atoms with E-state index in [2.05, 4.69) is 4.98 Å². The van der Waals surface area contributed by atoms with E-state index < -0.39 is 11.8 Å². The van der Waals surface area contributed by atoms with Crippen molar-refractivity contribution in [2.24, 2.45) is 5.92 Å². The van der Waals surface area contributed by atoms with Gasteiger partial charge in [-0.2, -0.15) is 0 Å². The predicted molar refractivity (Wildman–Crippen MR) is 114 cm³/mol. The van der Waals surface area contributed by atoms with Crippen molar-refractivity contribution in [3.8, 4) is 0 Å². The van der Waals surface area contributed by atoms with E-state index >= 15 is 0 Å². The molecule has 2 aromatic carbocycles. The number of halogens is 1. The van der Waals surface area contributed by atoms with Gasteiger partial charge in [0.1, 0.15) is 5.82 Å². The number of esters is 1. The number of benzene rings is 2. The van der Waals surface area contributed by atoms with Gasteiger partial charge >= 0.3 is 5.97 Å². The second kappa shape index (κ2) is 9.21. The van der Waals surface area contributed by atoms with Crippen molar-refractivity contribution >= 4 is 34.4 Å². The minimum Gasteiger partial charge on any atom is -0.465 e. The molecular formula is C22H21FN2O4S. The minimum absolute atomic E-state index is 0.0400. The molecule has 3 aromatic rings. The molecular weight excluding hydrogens is 407 g/mol. The minimum atomic E-state index is -0.522. The van der Waals surface area contributed by atoms with E-state index in [0.29, 0.717) is 28.2 Å². The van der Waals surface area contributed by atoms with Gasteiger partial charge in [-0.25, -0.2) is 14.2 Å². The molecule has 6 nitrogen and oxygen atoms in total. The lowest BCUT2D eigenvalue weighted by molar-refractivity contribution is 0.0600. The lowest BCUT2D eigenvalue weighted by Gasteiger charge is -2.15. The Bertz CT molecular complexity index is 1160. The highest BCUT2D eigenvalue weighted by molar-refractivity contribution is 7.99.